The van der Waals surface area contributed by atoms with Crippen LogP contribution in [0.2, 0.25) is 0 Å². The van der Waals surface area contributed by atoms with Crippen molar-refractivity contribution in [3.8, 4) is 0 Å². The smallest absolute Gasteiger partial charge is 0.0542 e. The zero-order valence-corrected chi connectivity index (χ0v) is 10.5. The van der Waals surface area contributed by atoms with E-state index in [4.69, 9.17) is 5.73 Å². The molecule has 0 amide bonds. The minimum atomic E-state index is 0.511. The Bertz CT molecular complexity index is 457. The first-order chi connectivity index (χ1) is 8.38. The SMILES string of the molecule is NCc1cc(CSCc2ccccc2)ccn1. The Hall–Kier alpha value is -1.32. The molecule has 0 saturated carbocycles. The molecule has 0 bridgehead atoms. The van der Waals surface area contributed by atoms with Gasteiger partial charge < -0.3 is 5.73 Å². The molecule has 0 radical (unpaired) electrons. The summed E-state index contributed by atoms with van der Waals surface area (Å²) in [5, 5.41) is 0. The number of hydrogen-bond acceptors (Lipinski definition) is 3. The van der Waals surface area contributed by atoms with E-state index >= 15 is 0 Å². The second-order valence-corrected chi connectivity index (χ2v) is 4.82. The van der Waals surface area contributed by atoms with Gasteiger partial charge in [-0.1, -0.05) is 30.3 Å². The summed E-state index contributed by atoms with van der Waals surface area (Å²) in [6, 6.07) is 14.7. The third-order valence-corrected chi connectivity index (χ3v) is 3.55. The number of nitrogens with zero attached hydrogens (tertiary/aromatic N) is 1. The number of aromatic nitrogens is 1. The molecule has 0 aliphatic carbocycles. The summed E-state index contributed by atoms with van der Waals surface area (Å²) in [5.74, 6) is 2.05. The first-order valence-corrected chi connectivity index (χ1v) is 6.79. The highest BCUT2D eigenvalue weighted by molar-refractivity contribution is 7.97. The topological polar surface area (TPSA) is 38.9 Å². The fraction of sp³-hybridized carbons (Fsp3) is 0.214. The van der Waals surface area contributed by atoms with Crippen LogP contribution in [0, 0.1) is 0 Å². The second kappa shape index (κ2) is 6.42. The molecule has 1 aromatic carbocycles. The van der Waals surface area contributed by atoms with E-state index in [1.54, 1.807) is 0 Å². The van der Waals surface area contributed by atoms with E-state index in [0.717, 1.165) is 17.2 Å². The zero-order chi connectivity index (χ0) is 11.9. The summed E-state index contributed by atoms with van der Waals surface area (Å²) in [6.45, 7) is 0.511. The van der Waals surface area contributed by atoms with E-state index in [-0.39, 0.29) is 0 Å². The van der Waals surface area contributed by atoms with Gasteiger partial charge >= 0.3 is 0 Å². The van der Waals surface area contributed by atoms with Gasteiger partial charge in [-0.2, -0.15) is 11.8 Å². The van der Waals surface area contributed by atoms with Crippen LogP contribution in [-0.4, -0.2) is 4.98 Å². The van der Waals surface area contributed by atoms with Crippen LogP contribution in [0.3, 0.4) is 0 Å². The van der Waals surface area contributed by atoms with Gasteiger partial charge in [0.2, 0.25) is 0 Å². The average Bonchev–Trinajstić information content (AvgIpc) is 2.40. The number of hydrogen-bond donors (Lipinski definition) is 1. The molecule has 0 aliphatic rings. The first-order valence-electron chi connectivity index (χ1n) is 5.64. The number of rotatable bonds is 5. The molecule has 17 heavy (non-hydrogen) atoms. The highest BCUT2D eigenvalue weighted by Gasteiger charge is 1.97. The third kappa shape index (κ3) is 3.88. The molecule has 2 N–H and O–H groups in total. The summed E-state index contributed by atoms with van der Waals surface area (Å²) < 4.78 is 0. The van der Waals surface area contributed by atoms with Crippen LogP contribution in [0.1, 0.15) is 16.8 Å². The molecule has 3 heteroatoms. The van der Waals surface area contributed by atoms with Crippen LogP contribution in [0.25, 0.3) is 0 Å². The maximum atomic E-state index is 5.57. The van der Waals surface area contributed by atoms with Crippen molar-refractivity contribution in [1.29, 1.82) is 0 Å². The van der Waals surface area contributed by atoms with Crippen LogP contribution >= 0.6 is 11.8 Å². The van der Waals surface area contributed by atoms with E-state index in [2.05, 4.69) is 41.4 Å². The lowest BCUT2D eigenvalue weighted by Crippen LogP contribution is -1.99. The molecular formula is C14H16N2S. The van der Waals surface area contributed by atoms with Gasteiger partial charge in [-0.15, -0.1) is 0 Å². The minimum Gasteiger partial charge on any atom is -0.325 e. The first kappa shape index (κ1) is 12.1. The minimum absolute atomic E-state index is 0.511. The molecule has 1 aromatic heterocycles. The normalized spacial score (nSPS) is 10.4. The van der Waals surface area contributed by atoms with E-state index in [1.807, 2.05) is 24.0 Å². The lowest BCUT2D eigenvalue weighted by molar-refractivity contribution is 0.983. The maximum absolute atomic E-state index is 5.57. The van der Waals surface area contributed by atoms with Crippen molar-refractivity contribution in [3.63, 3.8) is 0 Å². The van der Waals surface area contributed by atoms with E-state index in [1.165, 1.54) is 11.1 Å². The predicted octanol–water partition coefficient (Wildman–Crippen LogP) is 2.97. The monoisotopic (exact) mass is 244 g/mol. The Labute approximate surface area is 106 Å². The maximum Gasteiger partial charge on any atom is 0.0542 e. The number of nitrogens with two attached hydrogens (primary N) is 1. The van der Waals surface area contributed by atoms with Gasteiger partial charge in [0.15, 0.2) is 0 Å². The van der Waals surface area contributed by atoms with Crippen molar-refractivity contribution >= 4 is 11.8 Å². The Morgan fingerprint density at radius 3 is 2.53 bits per heavy atom. The predicted molar refractivity (Wildman–Crippen MR) is 73.6 cm³/mol. The molecular weight excluding hydrogens is 228 g/mol. The highest BCUT2D eigenvalue weighted by Crippen LogP contribution is 2.17. The van der Waals surface area contributed by atoms with Crippen LogP contribution in [0.15, 0.2) is 48.7 Å². The molecule has 0 saturated heterocycles. The fourth-order valence-corrected chi connectivity index (χ4v) is 2.54. The van der Waals surface area contributed by atoms with Crippen LogP contribution < -0.4 is 5.73 Å². The van der Waals surface area contributed by atoms with Gasteiger partial charge in [-0.25, -0.2) is 0 Å². The summed E-state index contributed by atoms with van der Waals surface area (Å²) in [5.41, 5.74) is 9.19. The average molecular weight is 244 g/mol. The molecule has 2 aromatic rings. The van der Waals surface area contributed by atoms with Gasteiger partial charge in [0.25, 0.3) is 0 Å². The molecule has 1 heterocycles. The molecule has 0 spiro atoms. The van der Waals surface area contributed by atoms with Crippen molar-refractivity contribution in [2.75, 3.05) is 0 Å². The molecule has 0 fully saturated rings. The number of benzene rings is 1. The van der Waals surface area contributed by atoms with Gasteiger partial charge in [0.05, 0.1) is 5.69 Å². The quantitative estimate of drug-likeness (QED) is 0.879. The second-order valence-electron chi connectivity index (χ2n) is 3.84. The van der Waals surface area contributed by atoms with Crippen LogP contribution in [-0.2, 0) is 18.1 Å². The lowest BCUT2D eigenvalue weighted by Gasteiger charge is -2.03. The van der Waals surface area contributed by atoms with Crippen molar-refractivity contribution in [3.05, 3.63) is 65.5 Å². The van der Waals surface area contributed by atoms with Crippen molar-refractivity contribution in [2.24, 2.45) is 5.73 Å². The van der Waals surface area contributed by atoms with Gasteiger partial charge in [0.1, 0.15) is 0 Å². The van der Waals surface area contributed by atoms with Crippen LogP contribution in [0.4, 0.5) is 0 Å². The van der Waals surface area contributed by atoms with Crippen molar-refractivity contribution < 1.29 is 0 Å². The van der Waals surface area contributed by atoms with E-state index in [9.17, 15) is 0 Å². The standard InChI is InChI=1S/C14H16N2S/c15-9-14-8-13(6-7-16-14)11-17-10-12-4-2-1-3-5-12/h1-8H,9-11,15H2. The van der Waals surface area contributed by atoms with Crippen LogP contribution in [0.5, 0.6) is 0 Å². The van der Waals surface area contributed by atoms with Crippen molar-refractivity contribution in [1.82, 2.24) is 4.98 Å². The summed E-state index contributed by atoms with van der Waals surface area (Å²) >= 11 is 1.91. The number of pyridine rings is 1. The largest absolute Gasteiger partial charge is 0.325 e. The summed E-state index contributed by atoms with van der Waals surface area (Å²) in [6.07, 6.45) is 1.83. The molecule has 0 atom stereocenters. The molecule has 88 valence electrons. The summed E-state index contributed by atoms with van der Waals surface area (Å²) in [7, 11) is 0. The molecule has 2 rings (SSSR count). The molecule has 2 nitrogen and oxygen atoms in total. The Kier molecular flexibility index (Phi) is 4.59. The van der Waals surface area contributed by atoms with E-state index < -0.39 is 0 Å². The van der Waals surface area contributed by atoms with Gasteiger partial charge in [-0.3, -0.25) is 4.98 Å². The fourth-order valence-electron chi connectivity index (χ4n) is 1.59. The Balaban J connectivity index is 1.86. The Morgan fingerprint density at radius 2 is 1.76 bits per heavy atom. The zero-order valence-electron chi connectivity index (χ0n) is 9.67. The Morgan fingerprint density at radius 1 is 1.00 bits per heavy atom. The molecule has 0 aliphatic heterocycles. The van der Waals surface area contributed by atoms with Gasteiger partial charge in [-0.05, 0) is 23.3 Å². The lowest BCUT2D eigenvalue weighted by atomic mass is 10.2. The summed E-state index contributed by atoms with van der Waals surface area (Å²) in [4.78, 5) is 4.19. The molecule has 0 unspecified atom stereocenters. The highest BCUT2D eigenvalue weighted by atomic mass is 32.2. The van der Waals surface area contributed by atoms with Crippen molar-refractivity contribution in [2.45, 2.75) is 18.1 Å². The number of thioether (sulfide) groups is 1. The van der Waals surface area contributed by atoms with E-state index in [0.29, 0.717) is 6.54 Å². The van der Waals surface area contributed by atoms with Gasteiger partial charge in [0, 0.05) is 24.2 Å². The third-order valence-electron chi connectivity index (χ3n) is 2.47.